The molecule has 0 aromatic carbocycles. The number of hydrogen-bond acceptors (Lipinski definition) is 0. The molecule has 0 saturated heterocycles. The van der Waals surface area contributed by atoms with Gasteiger partial charge in [-0.25, -0.2) is 0 Å². The zero-order valence-corrected chi connectivity index (χ0v) is 11.9. The van der Waals surface area contributed by atoms with Gasteiger partial charge in [-0.3, -0.25) is 0 Å². The van der Waals surface area contributed by atoms with Gasteiger partial charge in [-0.2, -0.15) is 0 Å². The van der Waals surface area contributed by atoms with E-state index in [0.29, 0.717) is 21.7 Å². The van der Waals surface area contributed by atoms with Crippen LogP contribution in [0.1, 0.15) is 61.8 Å². The summed E-state index contributed by atoms with van der Waals surface area (Å²) in [6.45, 7) is 19.9. The van der Waals surface area contributed by atoms with Crippen LogP contribution in [-0.4, -0.2) is 0 Å². The van der Waals surface area contributed by atoms with Crippen LogP contribution >= 0.6 is 0 Å². The summed E-state index contributed by atoms with van der Waals surface area (Å²) < 4.78 is 0. The Morgan fingerprint density at radius 2 is 1.40 bits per heavy atom. The van der Waals surface area contributed by atoms with Gasteiger partial charge in [0.15, 0.2) is 0 Å². The third-order valence-electron chi connectivity index (χ3n) is 7.51. The van der Waals surface area contributed by atoms with Gasteiger partial charge < -0.3 is 0 Å². The molecule has 0 aromatic heterocycles. The Morgan fingerprint density at radius 3 is 1.80 bits per heavy atom. The van der Waals surface area contributed by atoms with Crippen molar-refractivity contribution in [2.75, 3.05) is 0 Å². The maximum Gasteiger partial charge on any atom is -0.0200 e. The molecule has 15 heavy (non-hydrogen) atoms. The van der Waals surface area contributed by atoms with Crippen molar-refractivity contribution in [2.45, 2.75) is 61.8 Å². The molecular formula is C15H28. The molecule has 0 spiro atoms. The third-order valence-corrected chi connectivity index (χ3v) is 7.51. The molecule has 0 bridgehead atoms. The average Bonchev–Trinajstić information content (AvgIpc) is 2.15. The fourth-order valence-electron chi connectivity index (χ4n) is 5.88. The van der Waals surface area contributed by atoms with E-state index in [4.69, 9.17) is 0 Å². The van der Waals surface area contributed by atoms with E-state index < -0.39 is 0 Å². The van der Waals surface area contributed by atoms with E-state index in [1.807, 2.05) is 0 Å². The Hall–Kier alpha value is 0. The van der Waals surface area contributed by atoms with Gasteiger partial charge in [-0.05, 0) is 39.9 Å². The molecule has 0 heterocycles. The molecule has 0 aromatic rings. The monoisotopic (exact) mass is 208 g/mol. The lowest BCUT2D eigenvalue weighted by Gasteiger charge is -2.87. The normalized spacial score (nSPS) is 55.2. The standard InChI is InChI=1S/C15H28/c1-9-14(7)11-12(3,4)10(2)15(11,8)13(14,5)6/h10-11H,9H2,1-8H3. The minimum Gasteiger partial charge on any atom is -0.0648 e. The van der Waals surface area contributed by atoms with Gasteiger partial charge in [0.05, 0.1) is 0 Å². The molecule has 4 unspecified atom stereocenters. The molecule has 88 valence electrons. The van der Waals surface area contributed by atoms with Crippen LogP contribution in [-0.2, 0) is 0 Å². The predicted molar refractivity (Wildman–Crippen MR) is 66.7 cm³/mol. The first-order valence-corrected chi connectivity index (χ1v) is 6.58. The van der Waals surface area contributed by atoms with E-state index in [9.17, 15) is 0 Å². The van der Waals surface area contributed by atoms with Crippen molar-refractivity contribution in [2.24, 2.45) is 33.5 Å². The highest BCUT2D eigenvalue weighted by molar-refractivity contribution is 5.29. The second kappa shape index (κ2) is 2.46. The maximum absolute atomic E-state index is 2.53. The summed E-state index contributed by atoms with van der Waals surface area (Å²) in [7, 11) is 0. The molecule has 0 radical (unpaired) electrons. The lowest BCUT2D eigenvalue weighted by molar-refractivity contribution is -0.399. The van der Waals surface area contributed by atoms with Crippen LogP contribution in [0.15, 0.2) is 0 Å². The van der Waals surface area contributed by atoms with Crippen LogP contribution in [0.25, 0.3) is 0 Å². The van der Waals surface area contributed by atoms with Crippen LogP contribution in [0.2, 0.25) is 0 Å². The lowest BCUT2D eigenvalue weighted by atomic mass is 9.17. The molecule has 2 saturated carbocycles. The Bertz CT molecular complexity index is 287. The molecule has 2 fully saturated rings. The van der Waals surface area contributed by atoms with Gasteiger partial charge in [0.25, 0.3) is 0 Å². The lowest BCUT2D eigenvalue weighted by Crippen LogP contribution is -2.82. The summed E-state index contributed by atoms with van der Waals surface area (Å²) in [5.41, 5.74) is 2.20. The van der Waals surface area contributed by atoms with Crippen LogP contribution in [0.3, 0.4) is 0 Å². The highest BCUT2D eigenvalue weighted by atomic mass is 14.9. The summed E-state index contributed by atoms with van der Waals surface area (Å²) in [5, 5.41) is 0. The molecule has 0 N–H and O–H groups in total. The summed E-state index contributed by atoms with van der Waals surface area (Å²) in [4.78, 5) is 0. The highest BCUT2D eigenvalue weighted by Gasteiger charge is 2.82. The molecule has 0 heteroatoms. The number of fused-ring (bicyclic) bond motifs is 1. The minimum absolute atomic E-state index is 0.508. The van der Waals surface area contributed by atoms with Gasteiger partial charge in [-0.15, -0.1) is 0 Å². The van der Waals surface area contributed by atoms with Gasteiger partial charge in [0, 0.05) is 0 Å². The van der Waals surface area contributed by atoms with E-state index in [0.717, 1.165) is 11.8 Å². The summed E-state index contributed by atoms with van der Waals surface area (Å²) in [5.74, 6) is 1.79. The van der Waals surface area contributed by atoms with Crippen molar-refractivity contribution < 1.29 is 0 Å². The Labute approximate surface area is 95.8 Å². The average molecular weight is 208 g/mol. The van der Waals surface area contributed by atoms with E-state index in [1.54, 1.807) is 0 Å². The largest absolute Gasteiger partial charge is 0.0648 e. The van der Waals surface area contributed by atoms with Crippen molar-refractivity contribution in [3.8, 4) is 0 Å². The van der Waals surface area contributed by atoms with Gasteiger partial charge in [-0.1, -0.05) is 55.4 Å². The van der Waals surface area contributed by atoms with Gasteiger partial charge in [0.1, 0.15) is 0 Å². The third kappa shape index (κ3) is 0.775. The fraction of sp³-hybridized carbons (Fsp3) is 1.00. The second-order valence-corrected chi connectivity index (χ2v) is 7.65. The molecule has 2 aliphatic rings. The summed E-state index contributed by atoms with van der Waals surface area (Å²) in [6, 6.07) is 0. The van der Waals surface area contributed by atoms with Crippen molar-refractivity contribution in [3.05, 3.63) is 0 Å². The van der Waals surface area contributed by atoms with Crippen molar-refractivity contribution >= 4 is 0 Å². The first-order chi connectivity index (χ1) is 6.58. The van der Waals surface area contributed by atoms with Crippen LogP contribution < -0.4 is 0 Å². The smallest absolute Gasteiger partial charge is 0.0200 e. The highest BCUT2D eigenvalue weighted by Crippen LogP contribution is 2.87. The SMILES string of the molecule is CCC1(C)C2C(C)(C)C(C)C2(C)C1(C)C. The van der Waals surface area contributed by atoms with E-state index in [2.05, 4.69) is 55.4 Å². The molecular weight excluding hydrogens is 180 g/mol. The summed E-state index contributed by atoms with van der Waals surface area (Å²) >= 11 is 0. The second-order valence-electron chi connectivity index (χ2n) is 7.65. The Morgan fingerprint density at radius 1 is 0.933 bits per heavy atom. The number of hydrogen-bond donors (Lipinski definition) is 0. The topological polar surface area (TPSA) is 0 Å². The zero-order valence-electron chi connectivity index (χ0n) is 11.9. The van der Waals surface area contributed by atoms with Crippen LogP contribution in [0.5, 0.6) is 0 Å². The fourth-order valence-corrected chi connectivity index (χ4v) is 5.88. The Balaban J connectivity index is 2.45. The molecule has 4 atom stereocenters. The molecule has 0 amide bonds. The van der Waals surface area contributed by atoms with Crippen molar-refractivity contribution in [1.82, 2.24) is 0 Å². The summed E-state index contributed by atoms with van der Waals surface area (Å²) in [6.07, 6.45) is 1.33. The minimum atomic E-state index is 0.508. The first kappa shape index (κ1) is 11.5. The van der Waals surface area contributed by atoms with E-state index in [-0.39, 0.29) is 0 Å². The molecule has 2 aliphatic carbocycles. The molecule has 0 aliphatic heterocycles. The van der Waals surface area contributed by atoms with Crippen molar-refractivity contribution in [1.29, 1.82) is 0 Å². The maximum atomic E-state index is 2.53. The molecule has 2 rings (SSSR count). The zero-order chi connectivity index (χ0) is 11.9. The Kier molecular flexibility index (Phi) is 1.88. The van der Waals surface area contributed by atoms with Crippen molar-refractivity contribution in [3.63, 3.8) is 0 Å². The molecule has 0 nitrogen and oxygen atoms in total. The van der Waals surface area contributed by atoms with Crippen LogP contribution in [0.4, 0.5) is 0 Å². The number of rotatable bonds is 1. The van der Waals surface area contributed by atoms with Gasteiger partial charge >= 0.3 is 0 Å². The predicted octanol–water partition coefficient (Wildman–Crippen LogP) is 4.74. The van der Waals surface area contributed by atoms with Crippen LogP contribution in [0, 0.1) is 33.5 Å². The van der Waals surface area contributed by atoms with E-state index >= 15 is 0 Å². The quantitative estimate of drug-likeness (QED) is 0.584. The van der Waals surface area contributed by atoms with Gasteiger partial charge in [0.2, 0.25) is 0 Å². The first-order valence-electron chi connectivity index (χ1n) is 6.58. The van der Waals surface area contributed by atoms with E-state index in [1.165, 1.54) is 6.42 Å².